The minimum absolute atomic E-state index is 0.443. The molecule has 4 nitrogen and oxygen atoms in total. The van der Waals surface area contributed by atoms with E-state index in [2.05, 4.69) is 11.5 Å². The molecular weight excluding hydrogens is 204 g/mol. The molecule has 84 valence electrons. The molecule has 1 aromatic rings. The van der Waals surface area contributed by atoms with Gasteiger partial charge in [-0.1, -0.05) is 30.4 Å². The first-order valence-corrected chi connectivity index (χ1v) is 5.28. The van der Waals surface area contributed by atoms with Crippen molar-refractivity contribution in [1.82, 2.24) is 10.4 Å². The Morgan fingerprint density at radius 2 is 2.06 bits per heavy atom. The quantitative estimate of drug-likeness (QED) is 0.771. The second-order valence-corrected chi connectivity index (χ2v) is 3.52. The fraction of sp³-hybridized carbons (Fsp3) is 0.250. The molecule has 4 heteroatoms. The van der Waals surface area contributed by atoms with Crippen LogP contribution in [-0.2, 0) is 0 Å². The second-order valence-electron chi connectivity index (χ2n) is 3.52. The molecule has 0 saturated heterocycles. The van der Waals surface area contributed by atoms with Gasteiger partial charge in [-0.2, -0.15) is 0 Å². The van der Waals surface area contributed by atoms with Crippen LogP contribution in [0.4, 0.5) is 4.79 Å². The lowest BCUT2D eigenvalue weighted by atomic mass is 10.3. The Balaban J connectivity index is 1.82. The van der Waals surface area contributed by atoms with E-state index in [1.54, 1.807) is 12.1 Å². The molecule has 0 atom stereocenters. The third-order valence-electron chi connectivity index (χ3n) is 2.26. The van der Waals surface area contributed by atoms with E-state index in [9.17, 15) is 4.79 Å². The number of hydrogen-bond acceptors (Lipinski definition) is 3. The van der Waals surface area contributed by atoms with Gasteiger partial charge in [0.05, 0.1) is 0 Å². The zero-order valence-corrected chi connectivity index (χ0v) is 8.93. The van der Waals surface area contributed by atoms with Crippen molar-refractivity contribution in [1.29, 1.82) is 0 Å². The summed E-state index contributed by atoms with van der Waals surface area (Å²) < 4.78 is 5.10. The summed E-state index contributed by atoms with van der Waals surface area (Å²) in [6, 6.07) is 9.02. The number of rotatable bonds is 2. The van der Waals surface area contributed by atoms with E-state index in [0.29, 0.717) is 5.75 Å². The summed E-state index contributed by atoms with van der Waals surface area (Å²) in [6.07, 6.45) is 4.63. The SMILES string of the molecule is O=C(NN1CC=CCC1)Oc1ccccc1. The van der Waals surface area contributed by atoms with Crippen molar-refractivity contribution in [3.63, 3.8) is 0 Å². The largest absolute Gasteiger partial charge is 0.427 e. The number of hydrogen-bond donors (Lipinski definition) is 1. The summed E-state index contributed by atoms with van der Waals surface area (Å²) in [4.78, 5) is 11.5. The average Bonchev–Trinajstić information content (AvgIpc) is 2.31. The topological polar surface area (TPSA) is 41.6 Å². The minimum Gasteiger partial charge on any atom is -0.409 e. The zero-order valence-electron chi connectivity index (χ0n) is 8.93. The van der Waals surface area contributed by atoms with Gasteiger partial charge in [-0.25, -0.2) is 9.80 Å². The molecule has 0 aliphatic carbocycles. The predicted octanol–water partition coefficient (Wildman–Crippen LogP) is 1.95. The summed E-state index contributed by atoms with van der Waals surface area (Å²) in [5, 5.41) is 1.82. The van der Waals surface area contributed by atoms with Gasteiger partial charge in [0.25, 0.3) is 0 Å². The van der Waals surface area contributed by atoms with Crippen LogP contribution in [0.2, 0.25) is 0 Å². The maximum absolute atomic E-state index is 11.5. The number of hydrazine groups is 1. The highest BCUT2D eigenvalue weighted by Crippen LogP contribution is 2.08. The molecule has 16 heavy (non-hydrogen) atoms. The van der Waals surface area contributed by atoms with E-state index in [4.69, 9.17) is 4.74 Å². The highest BCUT2D eigenvalue weighted by atomic mass is 16.6. The van der Waals surface area contributed by atoms with Gasteiger partial charge in [-0.3, -0.25) is 5.43 Å². The number of nitrogens with one attached hydrogen (secondary N) is 1. The molecule has 1 N–H and O–H groups in total. The van der Waals surface area contributed by atoms with Crippen LogP contribution in [0.25, 0.3) is 0 Å². The summed E-state index contributed by atoms with van der Waals surface area (Å²) in [5.41, 5.74) is 2.69. The lowest BCUT2D eigenvalue weighted by molar-refractivity contribution is 0.151. The van der Waals surface area contributed by atoms with Gasteiger partial charge in [0, 0.05) is 13.1 Å². The molecular formula is C12H14N2O2. The fourth-order valence-corrected chi connectivity index (χ4v) is 1.49. The third kappa shape index (κ3) is 3.10. The maximum Gasteiger partial charge on any atom is 0.427 e. The van der Waals surface area contributed by atoms with Crippen molar-refractivity contribution in [3.05, 3.63) is 42.5 Å². The normalized spacial score (nSPS) is 15.8. The Morgan fingerprint density at radius 1 is 1.25 bits per heavy atom. The Hall–Kier alpha value is -1.81. The Kier molecular flexibility index (Phi) is 3.56. The predicted molar refractivity (Wildman–Crippen MR) is 60.9 cm³/mol. The number of carbonyl (C=O) groups is 1. The van der Waals surface area contributed by atoms with Gasteiger partial charge in [0.1, 0.15) is 5.75 Å². The summed E-state index contributed by atoms with van der Waals surface area (Å²) in [7, 11) is 0. The van der Waals surface area contributed by atoms with Gasteiger partial charge in [0.15, 0.2) is 0 Å². The van der Waals surface area contributed by atoms with Crippen LogP contribution in [-0.4, -0.2) is 24.2 Å². The zero-order chi connectivity index (χ0) is 11.2. The van der Waals surface area contributed by atoms with Crippen LogP contribution >= 0.6 is 0 Å². The van der Waals surface area contributed by atoms with Crippen LogP contribution in [0.3, 0.4) is 0 Å². The summed E-state index contributed by atoms with van der Waals surface area (Å²) >= 11 is 0. The van der Waals surface area contributed by atoms with Gasteiger partial charge in [0.2, 0.25) is 0 Å². The van der Waals surface area contributed by atoms with Crippen LogP contribution < -0.4 is 10.2 Å². The Labute approximate surface area is 94.5 Å². The van der Waals surface area contributed by atoms with Crippen LogP contribution in [0.15, 0.2) is 42.5 Å². The number of carbonyl (C=O) groups excluding carboxylic acids is 1. The molecule has 2 rings (SSSR count). The first kappa shape index (κ1) is 10.7. The standard InChI is InChI=1S/C12H14N2O2/c15-12(13-14-9-5-2-6-10-14)16-11-7-3-1-4-8-11/h1-5,7-8H,6,9-10H2,(H,13,15). The molecule has 1 aliphatic rings. The van der Waals surface area contributed by atoms with Gasteiger partial charge < -0.3 is 4.74 Å². The molecule has 0 unspecified atom stereocenters. The average molecular weight is 218 g/mol. The highest BCUT2D eigenvalue weighted by molar-refractivity contribution is 5.69. The third-order valence-corrected chi connectivity index (χ3v) is 2.26. The molecule has 1 aromatic carbocycles. The van der Waals surface area contributed by atoms with Crippen molar-refractivity contribution in [2.24, 2.45) is 0 Å². The first-order chi connectivity index (χ1) is 7.84. The van der Waals surface area contributed by atoms with E-state index in [1.807, 2.05) is 29.3 Å². The molecule has 1 aliphatic heterocycles. The Bertz CT molecular complexity index is 376. The Morgan fingerprint density at radius 3 is 2.75 bits per heavy atom. The van der Waals surface area contributed by atoms with E-state index in [0.717, 1.165) is 19.5 Å². The molecule has 1 amide bonds. The van der Waals surface area contributed by atoms with E-state index in [-0.39, 0.29) is 0 Å². The number of nitrogens with zero attached hydrogens (tertiary/aromatic N) is 1. The summed E-state index contributed by atoms with van der Waals surface area (Å²) in [6.45, 7) is 1.55. The molecule has 1 heterocycles. The fourth-order valence-electron chi connectivity index (χ4n) is 1.49. The van der Waals surface area contributed by atoms with Crippen molar-refractivity contribution in [2.45, 2.75) is 6.42 Å². The maximum atomic E-state index is 11.5. The van der Waals surface area contributed by atoms with Gasteiger partial charge in [-0.05, 0) is 18.6 Å². The van der Waals surface area contributed by atoms with E-state index in [1.165, 1.54) is 0 Å². The van der Waals surface area contributed by atoms with Crippen LogP contribution in [0, 0.1) is 0 Å². The molecule has 0 saturated carbocycles. The second kappa shape index (κ2) is 5.32. The monoisotopic (exact) mass is 218 g/mol. The smallest absolute Gasteiger partial charge is 0.409 e. The van der Waals surface area contributed by atoms with Gasteiger partial charge >= 0.3 is 6.09 Å². The number of amides is 1. The molecule has 0 radical (unpaired) electrons. The number of para-hydroxylation sites is 1. The molecule has 0 aromatic heterocycles. The number of ether oxygens (including phenoxy) is 1. The minimum atomic E-state index is -0.443. The van der Waals surface area contributed by atoms with Crippen LogP contribution in [0.5, 0.6) is 5.75 Å². The van der Waals surface area contributed by atoms with Gasteiger partial charge in [-0.15, -0.1) is 0 Å². The van der Waals surface area contributed by atoms with Crippen molar-refractivity contribution < 1.29 is 9.53 Å². The van der Waals surface area contributed by atoms with Crippen molar-refractivity contribution in [2.75, 3.05) is 13.1 Å². The van der Waals surface area contributed by atoms with Crippen LogP contribution in [0.1, 0.15) is 6.42 Å². The highest BCUT2D eigenvalue weighted by Gasteiger charge is 2.10. The molecule has 0 spiro atoms. The lowest BCUT2D eigenvalue weighted by Gasteiger charge is -2.22. The van der Waals surface area contributed by atoms with Crippen molar-refractivity contribution >= 4 is 6.09 Å². The van der Waals surface area contributed by atoms with E-state index < -0.39 is 6.09 Å². The number of benzene rings is 1. The van der Waals surface area contributed by atoms with Crippen molar-refractivity contribution in [3.8, 4) is 5.75 Å². The van der Waals surface area contributed by atoms with E-state index >= 15 is 0 Å². The molecule has 0 fully saturated rings. The first-order valence-electron chi connectivity index (χ1n) is 5.28. The summed E-state index contributed by atoms with van der Waals surface area (Å²) in [5.74, 6) is 0.549. The lowest BCUT2D eigenvalue weighted by Crippen LogP contribution is -2.45. The molecule has 0 bridgehead atoms.